The second kappa shape index (κ2) is 7.32. The zero-order valence-electron chi connectivity index (χ0n) is 13.0. The van der Waals surface area contributed by atoms with Crippen molar-refractivity contribution in [2.24, 2.45) is 10.9 Å². The Balaban J connectivity index is 1.56. The summed E-state index contributed by atoms with van der Waals surface area (Å²) in [6, 6.07) is 11.2. The molecule has 24 heavy (non-hydrogen) atoms. The van der Waals surface area contributed by atoms with Crippen molar-refractivity contribution in [3.05, 3.63) is 48.2 Å². The number of oxime groups is 1. The van der Waals surface area contributed by atoms with Crippen LogP contribution in [-0.2, 0) is 0 Å². The van der Waals surface area contributed by atoms with Crippen LogP contribution in [0, 0.1) is 0 Å². The van der Waals surface area contributed by atoms with Crippen LogP contribution in [-0.4, -0.2) is 39.1 Å². The highest BCUT2D eigenvalue weighted by atomic mass is 16.4. The van der Waals surface area contributed by atoms with Gasteiger partial charge in [-0.3, -0.25) is 0 Å². The number of benzene rings is 1. The van der Waals surface area contributed by atoms with E-state index in [0.29, 0.717) is 11.5 Å². The fourth-order valence-corrected chi connectivity index (χ4v) is 2.36. The number of para-hydroxylation sites is 1. The molecule has 0 unspecified atom stereocenters. The lowest BCUT2D eigenvalue weighted by Crippen LogP contribution is -2.13. The standard InChI is InChI=1S/C16H19N7O/c17-15(23-24)11-5-3-6-12-14(11)22-16(21-12)20-10-4-9-19-13-7-1-2-8-18-13/h1-3,5-8,24H,4,9-10H2,(H2,17,23)(H,18,19)(H2,20,21,22). The van der Waals surface area contributed by atoms with Crippen molar-refractivity contribution in [3.63, 3.8) is 0 Å². The molecular weight excluding hydrogens is 306 g/mol. The molecular formula is C16H19N7O. The summed E-state index contributed by atoms with van der Waals surface area (Å²) in [5.74, 6) is 1.57. The van der Waals surface area contributed by atoms with Crippen molar-refractivity contribution in [2.75, 3.05) is 23.7 Å². The van der Waals surface area contributed by atoms with Gasteiger partial charge in [0.15, 0.2) is 5.84 Å². The minimum absolute atomic E-state index is 0.0513. The Morgan fingerprint density at radius 2 is 2.04 bits per heavy atom. The molecule has 0 saturated carbocycles. The number of nitrogens with zero attached hydrogens (tertiary/aromatic N) is 3. The van der Waals surface area contributed by atoms with Crippen molar-refractivity contribution < 1.29 is 5.21 Å². The molecule has 0 aliphatic carbocycles. The fourth-order valence-electron chi connectivity index (χ4n) is 2.36. The quantitative estimate of drug-likeness (QED) is 0.149. The molecule has 0 atom stereocenters. The van der Waals surface area contributed by atoms with Crippen LogP contribution in [0.25, 0.3) is 11.0 Å². The van der Waals surface area contributed by atoms with Crippen molar-refractivity contribution in [1.29, 1.82) is 0 Å². The van der Waals surface area contributed by atoms with Gasteiger partial charge in [0.1, 0.15) is 5.82 Å². The number of fused-ring (bicyclic) bond motifs is 1. The van der Waals surface area contributed by atoms with Crippen LogP contribution < -0.4 is 16.4 Å². The summed E-state index contributed by atoms with van der Waals surface area (Å²) in [5, 5.41) is 18.4. The van der Waals surface area contributed by atoms with Gasteiger partial charge >= 0.3 is 0 Å². The maximum Gasteiger partial charge on any atom is 0.201 e. The molecule has 6 N–H and O–H groups in total. The van der Waals surface area contributed by atoms with Gasteiger partial charge in [0.25, 0.3) is 0 Å². The summed E-state index contributed by atoms with van der Waals surface area (Å²) in [7, 11) is 0. The van der Waals surface area contributed by atoms with Crippen LogP contribution in [0.2, 0.25) is 0 Å². The number of nitrogens with two attached hydrogens (primary N) is 1. The van der Waals surface area contributed by atoms with Crippen molar-refractivity contribution in [3.8, 4) is 0 Å². The molecule has 3 aromatic rings. The Labute approximate surface area is 138 Å². The number of anilines is 2. The Hall–Kier alpha value is -3.29. The number of nitrogens with one attached hydrogen (secondary N) is 3. The highest BCUT2D eigenvalue weighted by molar-refractivity contribution is 6.07. The van der Waals surface area contributed by atoms with E-state index in [2.05, 4.69) is 30.7 Å². The summed E-state index contributed by atoms with van der Waals surface area (Å²) in [6.45, 7) is 1.55. The number of H-pyrrole nitrogens is 1. The molecule has 3 rings (SSSR count). The lowest BCUT2D eigenvalue weighted by atomic mass is 10.2. The predicted molar refractivity (Wildman–Crippen MR) is 94.4 cm³/mol. The Morgan fingerprint density at radius 3 is 2.83 bits per heavy atom. The van der Waals surface area contributed by atoms with Crippen molar-refractivity contribution in [2.45, 2.75) is 6.42 Å². The van der Waals surface area contributed by atoms with Gasteiger partial charge < -0.3 is 26.6 Å². The van der Waals surface area contributed by atoms with Crippen LogP contribution in [0.3, 0.4) is 0 Å². The first-order valence-corrected chi connectivity index (χ1v) is 7.63. The SMILES string of the molecule is NC(=NO)c1cccc2nc(NCCCNc3ccccn3)[nH]c12. The number of pyridine rings is 1. The average Bonchev–Trinajstić information content (AvgIpc) is 3.04. The first kappa shape index (κ1) is 15.6. The Kier molecular flexibility index (Phi) is 4.76. The second-order valence-electron chi connectivity index (χ2n) is 5.19. The first-order chi connectivity index (χ1) is 11.8. The van der Waals surface area contributed by atoms with Gasteiger partial charge in [-0.25, -0.2) is 9.97 Å². The summed E-state index contributed by atoms with van der Waals surface area (Å²) in [4.78, 5) is 11.8. The number of hydrogen-bond donors (Lipinski definition) is 5. The molecule has 1 aromatic carbocycles. The third kappa shape index (κ3) is 3.54. The Bertz CT molecular complexity index is 829. The van der Waals surface area contributed by atoms with Crippen LogP contribution in [0.15, 0.2) is 47.8 Å². The van der Waals surface area contributed by atoms with Gasteiger partial charge in [-0.1, -0.05) is 17.3 Å². The molecule has 2 heterocycles. The van der Waals surface area contributed by atoms with E-state index in [1.54, 1.807) is 12.3 Å². The summed E-state index contributed by atoms with van der Waals surface area (Å²) < 4.78 is 0. The summed E-state index contributed by atoms with van der Waals surface area (Å²) in [5.41, 5.74) is 7.80. The normalized spacial score (nSPS) is 11.6. The van der Waals surface area contributed by atoms with E-state index in [4.69, 9.17) is 10.9 Å². The van der Waals surface area contributed by atoms with E-state index in [1.807, 2.05) is 30.3 Å². The minimum Gasteiger partial charge on any atom is -0.409 e. The second-order valence-corrected chi connectivity index (χ2v) is 5.19. The fraction of sp³-hybridized carbons (Fsp3) is 0.188. The van der Waals surface area contributed by atoms with Crippen LogP contribution in [0.1, 0.15) is 12.0 Å². The van der Waals surface area contributed by atoms with E-state index in [-0.39, 0.29) is 5.84 Å². The molecule has 8 heteroatoms. The van der Waals surface area contributed by atoms with Gasteiger partial charge in [-0.2, -0.15) is 0 Å². The smallest absolute Gasteiger partial charge is 0.201 e. The zero-order valence-corrected chi connectivity index (χ0v) is 13.0. The molecule has 0 aliphatic heterocycles. The molecule has 0 amide bonds. The van der Waals surface area contributed by atoms with E-state index in [9.17, 15) is 0 Å². The Morgan fingerprint density at radius 1 is 1.17 bits per heavy atom. The van der Waals surface area contributed by atoms with Crippen LogP contribution in [0.4, 0.5) is 11.8 Å². The maximum absolute atomic E-state index is 8.85. The lowest BCUT2D eigenvalue weighted by Gasteiger charge is -2.05. The molecule has 0 spiro atoms. The predicted octanol–water partition coefficient (Wildman–Crippen LogP) is 1.97. The van der Waals surface area contributed by atoms with E-state index >= 15 is 0 Å². The van der Waals surface area contributed by atoms with Crippen LogP contribution >= 0.6 is 0 Å². The first-order valence-electron chi connectivity index (χ1n) is 7.63. The van der Waals surface area contributed by atoms with E-state index in [1.165, 1.54) is 0 Å². The topological polar surface area (TPSA) is 124 Å². The lowest BCUT2D eigenvalue weighted by molar-refractivity contribution is 0.318. The molecule has 2 aromatic heterocycles. The van der Waals surface area contributed by atoms with Crippen molar-refractivity contribution >= 4 is 28.6 Å². The molecule has 8 nitrogen and oxygen atoms in total. The minimum atomic E-state index is 0.0513. The maximum atomic E-state index is 8.85. The third-order valence-corrected chi connectivity index (χ3v) is 3.52. The summed E-state index contributed by atoms with van der Waals surface area (Å²) in [6.07, 6.45) is 2.66. The molecule has 0 aliphatic rings. The largest absolute Gasteiger partial charge is 0.409 e. The molecule has 0 bridgehead atoms. The van der Waals surface area contributed by atoms with Crippen LogP contribution in [0.5, 0.6) is 0 Å². The molecule has 0 radical (unpaired) electrons. The van der Waals surface area contributed by atoms with Gasteiger partial charge in [0.05, 0.1) is 11.0 Å². The zero-order chi connectivity index (χ0) is 16.8. The number of hydrogen-bond acceptors (Lipinski definition) is 6. The number of imidazole rings is 1. The highest BCUT2D eigenvalue weighted by Crippen LogP contribution is 2.18. The molecule has 0 fully saturated rings. The monoisotopic (exact) mass is 325 g/mol. The third-order valence-electron chi connectivity index (χ3n) is 3.52. The van der Waals surface area contributed by atoms with Crippen molar-refractivity contribution in [1.82, 2.24) is 15.0 Å². The number of amidine groups is 1. The number of aromatic amines is 1. The summed E-state index contributed by atoms with van der Waals surface area (Å²) >= 11 is 0. The highest BCUT2D eigenvalue weighted by Gasteiger charge is 2.09. The molecule has 0 saturated heterocycles. The van der Waals surface area contributed by atoms with E-state index < -0.39 is 0 Å². The van der Waals surface area contributed by atoms with Gasteiger partial charge in [-0.05, 0) is 30.7 Å². The van der Waals surface area contributed by atoms with E-state index in [0.717, 1.165) is 36.4 Å². The molecule has 124 valence electrons. The van der Waals surface area contributed by atoms with Gasteiger partial charge in [0.2, 0.25) is 5.95 Å². The average molecular weight is 325 g/mol. The van der Waals surface area contributed by atoms with Gasteiger partial charge in [0, 0.05) is 24.8 Å². The van der Waals surface area contributed by atoms with Gasteiger partial charge in [-0.15, -0.1) is 0 Å². The number of rotatable bonds is 7. The number of aromatic nitrogens is 3.